The van der Waals surface area contributed by atoms with Crippen LogP contribution in [-0.2, 0) is 0 Å². The van der Waals surface area contributed by atoms with Crippen LogP contribution in [0.15, 0.2) is 53.6 Å². The zero-order valence-corrected chi connectivity index (χ0v) is 12.6. The van der Waals surface area contributed by atoms with Gasteiger partial charge in [-0.3, -0.25) is 4.79 Å². The minimum absolute atomic E-state index is 0. The van der Waals surface area contributed by atoms with Crippen molar-refractivity contribution in [2.45, 2.75) is 19.8 Å². The zero-order chi connectivity index (χ0) is 15.2. The number of amides is 1. The van der Waals surface area contributed by atoms with Gasteiger partial charge in [-0.05, 0) is 41.3 Å². The summed E-state index contributed by atoms with van der Waals surface area (Å²) in [5, 5.41) is 13.1. The van der Waals surface area contributed by atoms with Crippen molar-refractivity contribution in [3.8, 4) is 5.75 Å². The number of carbonyl (C=O) groups is 1. The lowest BCUT2D eigenvalue weighted by Crippen LogP contribution is -2.17. The normalized spacial score (nSPS) is 10.5. The topological polar surface area (TPSA) is 93.2 Å². The van der Waals surface area contributed by atoms with Crippen molar-refractivity contribution < 1.29 is 15.4 Å². The Morgan fingerprint density at radius 3 is 2.23 bits per heavy atom. The second-order valence-electron chi connectivity index (χ2n) is 5.07. The van der Waals surface area contributed by atoms with E-state index in [1.54, 1.807) is 6.21 Å². The number of hydrogen-bond acceptors (Lipinski definition) is 3. The molecule has 0 aliphatic carbocycles. The second kappa shape index (κ2) is 7.95. The van der Waals surface area contributed by atoms with E-state index in [1.807, 2.05) is 24.3 Å². The molecule has 2 aromatic rings. The Bertz CT molecular complexity index is 632. The molecular formula is C17H20N2O3. The Labute approximate surface area is 129 Å². The molecule has 1 amide bonds. The van der Waals surface area contributed by atoms with Crippen LogP contribution < -0.4 is 5.43 Å². The fraction of sp³-hybridized carbons (Fsp3) is 0.176. The van der Waals surface area contributed by atoms with Crippen molar-refractivity contribution in [1.29, 1.82) is 0 Å². The summed E-state index contributed by atoms with van der Waals surface area (Å²) in [6, 6.07) is 14.0. The number of phenols is 1. The Kier molecular flexibility index (Phi) is 6.28. The van der Waals surface area contributed by atoms with E-state index in [2.05, 4.69) is 24.4 Å². The van der Waals surface area contributed by atoms with E-state index in [4.69, 9.17) is 5.11 Å². The summed E-state index contributed by atoms with van der Waals surface area (Å²) >= 11 is 0. The van der Waals surface area contributed by atoms with Gasteiger partial charge in [0.1, 0.15) is 5.75 Å². The summed E-state index contributed by atoms with van der Waals surface area (Å²) < 4.78 is 0. The molecule has 2 rings (SSSR count). The van der Waals surface area contributed by atoms with Crippen molar-refractivity contribution >= 4 is 12.1 Å². The number of carbonyl (C=O) groups excluding carboxylic acids is 1. The molecule has 4 N–H and O–H groups in total. The average Bonchev–Trinajstić information content (AvgIpc) is 2.48. The van der Waals surface area contributed by atoms with Crippen LogP contribution in [0.2, 0.25) is 0 Å². The first-order chi connectivity index (χ1) is 10.1. The molecule has 2 aromatic carbocycles. The van der Waals surface area contributed by atoms with Gasteiger partial charge in [0.05, 0.1) is 6.21 Å². The largest absolute Gasteiger partial charge is 0.508 e. The molecule has 0 heterocycles. The fourth-order valence-corrected chi connectivity index (χ4v) is 1.81. The number of benzene rings is 2. The van der Waals surface area contributed by atoms with E-state index >= 15 is 0 Å². The first kappa shape index (κ1) is 17.4. The van der Waals surface area contributed by atoms with Gasteiger partial charge in [-0.1, -0.05) is 38.1 Å². The maximum absolute atomic E-state index is 11.8. The molecule has 116 valence electrons. The lowest BCUT2D eigenvalue weighted by Gasteiger charge is -2.04. The van der Waals surface area contributed by atoms with Crippen molar-refractivity contribution in [1.82, 2.24) is 5.43 Å². The van der Waals surface area contributed by atoms with Crippen LogP contribution in [0, 0.1) is 0 Å². The Morgan fingerprint density at radius 2 is 1.68 bits per heavy atom. The molecule has 0 unspecified atom stereocenters. The van der Waals surface area contributed by atoms with Crippen LogP contribution in [-0.4, -0.2) is 22.7 Å². The monoisotopic (exact) mass is 300 g/mol. The molecule has 0 aromatic heterocycles. The summed E-state index contributed by atoms with van der Waals surface area (Å²) in [7, 11) is 0. The molecule has 0 radical (unpaired) electrons. The maximum Gasteiger partial charge on any atom is 0.271 e. The summed E-state index contributed by atoms with van der Waals surface area (Å²) in [5.41, 5.74) is 5.08. The van der Waals surface area contributed by atoms with Gasteiger partial charge >= 0.3 is 0 Å². The first-order valence-corrected chi connectivity index (χ1v) is 6.78. The summed E-state index contributed by atoms with van der Waals surface area (Å²) in [4.78, 5) is 11.8. The number of nitrogens with one attached hydrogen (secondary N) is 1. The van der Waals surface area contributed by atoms with Gasteiger partial charge in [0.2, 0.25) is 0 Å². The maximum atomic E-state index is 11.8. The highest BCUT2D eigenvalue weighted by Gasteiger charge is 2.03. The molecule has 0 saturated heterocycles. The molecule has 0 bridgehead atoms. The third kappa shape index (κ3) is 4.71. The smallest absolute Gasteiger partial charge is 0.271 e. The van der Waals surface area contributed by atoms with Gasteiger partial charge in [0, 0.05) is 5.56 Å². The highest BCUT2D eigenvalue weighted by molar-refractivity contribution is 5.94. The molecule has 0 aliphatic heterocycles. The zero-order valence-electron chi connectivity index (χ0n) is 12.6. The Hall–Kier alpha value is -2.66. The van der Waals surface area contributed by atoms with Gasteiger partial charge in [-0.2, -0.15) is 5.10 Å². The molecule has 5 heteroatoms. The number of hydrazone groups is 1. The highest BCUT2D eigenvalue weighted by Crippen LogP contribution is 2.14. The predicted octanol–water partition coefficient (Wildman–Crippen LogP) is 2.45. The van der Waals surface area contributed by atoms with Crippen LogP contribution in [0.1, 0.15) is 41.3 Å². The summed E-state index contributed by atoms with van der Waals surface area (Å²) in [5.74, 6) is 0.301. The molecule has 0 fully saturated rings. The van der Waals surface area contributed by atoms with Gasteiger partial charge in [0.15, 0.2) is 0 Å². The number of aromatic hydroxyl groups is 1. The third-order valence-corrected chi connectivity index (χ3v) is 3.11. The van der Waals surface area contributed by atoms with Crippen LogP contribution in [0.4, 0.5) is 0 Å². The van der Waals surface area contributed by atoms with Crippen molar-refractivity contribution in [3.63, 3.8) is 0 Å². The lowest BCUT2D eigenvalue weighted by molar-refractivity contribution is 0.0955. The van der Waals surface area contributed by atoms with Crippen LogP contribution >= 0.6 is 0 Å². The van der Waals surface area contributed by atoms with Gasteiger partial charge < -0.3 is 10.6 Å². The number of phenolic OH excluding ortho intramolecular Hbond substituents is 1. The third-order valence-electron chi connectivity index (χ3n) is 3.11. The molecule has 5 nitrogen and oxygen atoms in total. The van der Waals surface area contributed by atoms with E-state index in [-0.39, 0.29) is 17.1 Å². The molecule has 0 saturated carbocycles. The Balaban J connectivity index is 0.00000242. The quantitative estimate of drug-likeness (QED) is 0.670. The highest BCUT2D eigenvalue weighted by atomic mass is 16.3. The summed E-state index contributed by atoms with van der Waals surface area (Å²) in [6.07, 6.45) is 1.60. The van der Waals surface area contributed by atoms with E-state index in [9.17, 15) is 4.79 Å². The SMILES string of the molecule is CC(C)c1ccc(/C=N/NC(=O)c2ccc(O)cc2)cc1.O. The van der Waals surface area contributed by atoms with Crippen LogP contribution in [0.5, 0.6) is 5.75 Å². The van der Waals surface area contributed by atoms with Gasteiger partial charge in [-0.25, -0.2) is 5.43 Å². The molecule has 0 atom stereocenters. The van der Waals surface area contributed by atoms with E-state index < -0.39 is 0 Å². The standard InChI is InChI=1S/C17H18N2O2.H2O/c1-12(2)14-5-3-13(4-6-14)11-18-19-17(21)15-7-9-16(20)10-8-15;/h3-12,20H,1-2H3,(H,19,21);1H2/b18-11+;. The minimum atomic E-state index is -0.315. The van der Waals surface area contributed by atoms with Crippen molar-refractivity contribution in [2.75, 3.05) is 0 Å². The van der Waals surface area contributed by atoms with Gasteiger partial charge in [-0.15, -0.1) is 0 Å². The van der Waals surface area contributed by atoms with Crippen LogP contribution in [0.3, 0.4) is 0 Å². The lowest BCUT2D eigenvalue weighted by atomic mass is 10.0. The molecular weight excluding hydrogens is 280 g/mol. The van der Waals surface area contributed by atoms with E-state index in [0.29, 0.717) is 11.5 Å². The van der Waals surface area contributed by atoms with Crippen LogP contribution in [0.25, 0.3) is 0 Å². The van der Waals surface area contributed by atoms with E-state index in [0.717, 1.165) is 5.56 Å². The fourth-order valence-electron chi connectivity index (χ4n) is 1.81. The minimum Gasteiger partial charge on any atom is -0.508 e. The van der Waals surface area contributed by atoms with E-state index in [1.165, 1.54) is 29.8 Å². The second-order valence-corrected chi connectivity index (χ2v) is 5.07. The van der Waals surface area contributed by atoms with Gasteiger partial charge in [0.25, 0.3) is 5.91 Å². The number of rotatable bonds is 4. The van der Waals surface area contributed by atoms with Crippen molar-refractivity contribution in [2.24, 2.45) is 5.10 Å². The first-order valence-electron chi connectivity index (χ1n) is 6.78. The number of hydrogen-bond donors (Lipinski definition) is 2. The average molecular weight is 300 g/mol. The molecule has 0 aliphatic rings. The molecule has 22 heavy (non-hydrogen) atoms. The number of nitrogens with zero attached hydrogens (tertiary/aromatic N) is 1. The predicted molar refractivity (Wildman–Crippen MR) is 87.3 cm³/mol. The molecule has 0 spiro atoms. The Morgan fingerprint density at radius 1 is 1.09 bits per heavy atom. The van der Waals surface area contributed by atoms with Crippen molar-refractivity contribution in [3.05, 3.63) is 65.2 Å². The summed E-state index contributed by atoms with van der Waals surface area (Å²) in [6.45, 7) is 4.28.